The van der Waals surface area contributed by atoms with Crippen LogP contribution >= 0.6 is 11.6 Å². The number of carbonyl (C=O) groups excluding carboxylic acids is 1. The number of imidazole rings is 1. The molecule has 0 fully saturated rings. The van der Waals surface area contributed by atoms with Gasteiger partial charge in [0.15, 0.2) is 0 Å². The molecule has 1 N–H and O–H groups in total. The van der Waals surface area contributed by atoms with E-state index in [0.717, 1.165) is 16.8 Å². The molecule has 0 aliphatic rings. The van der Waals surface area contributed by atoms with Crippen LogP contribution in [0.2, 0.25) is 5.02 Å². The van der Waals surface area contributed by atoms with Gasteiger partial charge in [-0.25, -0.2) is 4.98 Å². The van der Waals surface area contributed by atoms with Crippen LogP contribution in [0.4, 0.5) is 0 Å². The number of amides is 1. The normalized spacial score (nSPS) is 10.4. The van der Waals surface area contributed by atoms with Crippen LogP contribution in [-0.4, -0.2) is 22.1 Å². The number of benzene rings is 2. The first kappa shape index (κ1) is 19.6. The van der Waals surface area contributed by atoms with Crippen molar-refractivity contribution in [3.05, 3.63) is 88.5 Å². The van der Waals surface area contributed by atoms with Crippen molar-refractivity contribution in [2.75, 3.05) is 6.61 Å². The Bertz CT molecular complexity index is 977. The maximum Gasteiger partial charge on any atom is 0.246 e. The number of halogens is 1. The highest BCUT2D eigenvalue weighted by molar-refractivity contribution is 6.30. The summed E-state index contributed by atoms with van der Waals surface area (Å²) >= 11 is 5.93. The lowest BCUT2D eigenvalue weighted by molar-refractivity contribution is -0.126. The fourth-order valence-corrected chi connectivity index (χ4v) is 2.85. The van der Waals surface area contributed by atoms with Gasteiger partial charge in [-0.05, 0) is 35.4 Å². The van der Waals surface area contributed by atoms with Crippen molar-refractivity contribution in [3.63, 3.8) is 0 Å². The van der Waals surface area contributed by atoms with Gasteiger partial charge in [-0.3, -0.25) is 4.79 Å². The topological polar surface area (TPSA) is 79.9 Å². The summed E-state index contributed by atoms with van der Waals surface area (Å²) in [5.74, 6) is -0.196. The van der Waals surface area contributed by atoms with Gasteiger partial charge in [0.2, 0.25) is 5.91 Å². The molecule has 3 aromatic rings. The smallest absolute Gasteiger partial charge is 0.246 e. The molecule has 1 heterocycles. The molecular formula is C21H19ClN4O2. The van der Waals surface area contributed by atoms with Gasteiger partial charge in [0.1, 0.15) is 6.61 Å². The van der Waals surface area contributed by atoms with E-state index >= 15 is 0 Å². The van der Waals surface area contributed by atoms with Crippen molar-refractivity contribution in [2.24, 2.45) is 0 Å². The number of ether oxygens (including phenoxy) is 1. The molecule has 0 bridgehead atoms. The van der Waals surface area contributed by atoms with E-state index in [-0.39, 0.29) is 19.1 Å². The summed E-state index contributed by atoms with van der Waals surface area (Å²) in [6.07, 6.45) is 3.43. The molecule has 1 aromatic heterocycles. The summed E-state index contributed by atoms with van der Waals surface area (Å²) in [5.41, 5.74) is 3.48. The number of hydrogen-bond acceptors (Lipinski definition) is 4. The van der Waals surface area contributed by atoms with E-state index in [1.54, 1.807) is 30.7 Å². The largest absolute Gasteiger partial charge is 0.365 e. The standard InChI is InChI=1S/C21H19ClN4O2/c22-19-3-1-2-18(8-19)10-25-21(27)14-28-13-20-11-24-15-26(20)12-17-6-4-16(9-23)5-7-17/h1-8,11,15H,10,12-14H2,(H,25,27). The van der Waals surface area contributed by atoms with E-state index in [1.165, 1.54) is 0 Å². The minimum Gasteiger partial charge on any atom is -0.365 e. The van der Waals surface area contributed by atoms with Crippen molar-refractivity contribution in [1.29, 1.82) is 5.26 Å². The molecule has 2 aromatic carbocycles. The summed E-state index contributed by atoms with van der Waals surface area (Å²) in [5, 5.41) is 12.3. The molecule has 0 atom stereocenters. The average molecular weight is 395 g/mol. The van der Waals surface area contributed by atoms with Crippen LogP contribution in [0, 0.1) is 11.3 Å². The first-order valence-corrected chi connectivity index (χ1v) is 9.09. The second-order valence-corrected chi connectivity index (χ2v) is 6.66. The fraction of sp³-hybridized carbons (Fsp3) is 0.190. The van der Waals surface area contributed by atoms with Crippen molar-refractivity contribution in [1.82, 2.24) is 14.9 Å². The number of carbonyl (C=O) groups is 1. The molecule has 142 valence electrons. The summed E-state index contributed by atoms with van der Waals surface area (Å²) in [6.45, 7) is 1.26. The minimum atomic E-state index is -0.196. The van der Waals surface area contributed by atoms with Crippen LogP contribution in [-0.2, 0) is 29.2 Å². The molecule has 0 aliphatic carbocycles. The van der Waals surface area contributed by atoms with Crippen molar-refractivity contribution >= 4 is 17.5 Å². The minimum absolute atomic E-state index is 0.0391. The van der Waals surface area contributed by atoms with E-state index in [9.17, 15) is 4.79 Å². The summed E-state index contributed by atoms with van der Waals surface area (Å²) in [6, 6.07) is 16.8. The molecule has 28 heavy (non-hydrogen) atoms. The maximum absolute atomic E-state index is 11.9. The van der Waals surface area contributed by atoms with E-state index in [2.05, 4.69) is 16.4 Å². The first-order chi connectivity index (χ1) is 13.6. The quantitative estimate of drug-likeness (QED) is 0.635. The second kappa shape index (κ2) is 9.70. The van der Waals surface area contributed by atoms with Crippen molar-refractivity contribution < 1.29 is 9.53 Å². The average Bonchev–Trinajstić information content (AvgIpc) is 3.14. The third kappa shape index (κ3) is 5.68. The van der Waals surface area contributed by atoms with Gasteiger partial charge in [0.05, 0.1) is 36.5 Å². The number of nitrogens with zero attached hydrogens (tertiary/aromatic N) is 3. The maximum atomic E-state index is 11.9. The SMILES string of the molecule is N#Cc1ccc(Cn2cncc2COCC(=O)NCc2cccc(Cl)c2)cc1. The van der Waals surface area contributed by atoms with Crippen LogP contribution in [0.1, 0.15) is 22.4 Å². The highest BCUT2D eigenvalue weighted by atomic mass is 35.5. The lowest BCUT2D eigenvalue weighted by Crippen LogP contribution is -2.27. The molecule has 0 spiro atoms. The second-order valence-electron chi connectivity index (χ2n) is 6.22. The highest BCUT2D eigenvalue weighted by Crippen LogP contribution is 2.11. The highest BCUT2D eigenvalue weighted by Gasteiger charge is 2.06. The third-order valence-electron chi connectivity index (χ3n) is 4.10. The molecule has 0 unspecified atom stereocenters. The van der Waals surface area contributed by atoms with Gasteiger partial charge in [0.25, 0.3) is 0 Å². The number of nitriles is 1. The van der Waals surface area contributed by atoms with E-state index in [1.807, 2.05) is 34.9 Å². The number of hydrogen-bond donors (Lipinski definition) is 1. The number of aromatic nitrogens is 2. The zero-order valence-corrected chi connectivity index (χ0v) is 15.9. The van der Waals surface area contributed by atoms with Gasteiger partial charge in [-0.2, -0.15) is 5.26 Å². The van der Waals surface area contributed by atoms with E-state index in [0.29, 0.717) is 23.7 Å². The molecular weight excluding hydrogens is 376 g/mol. The Morgan fingerprint density at radius 3 is 2.79 bits per heavy atom. The summed E-state index contributed by atoms with van der Waals surface area (Å²) in [4.78, 5) is 16.1. The van der Waals surface area contributed by atoms with Crippen LogP contribution in [0.3, 0.4) is 0 Å². The molecule has 3 rings (SSSR count). The van der Waals surface area contributed by atoms with E-state index in [4.69, 9.17) is 21.6 Å². The Hall–Kier alpha value is -3.14. The monoisotopic (exact) mass is 394 g/mol. The molecule has 7 heteroatoms. The third-order valence-corrected chi connectivity index (χ3v) is 4.33. The van der Waals surface area contributed by atoms with Crippen LogP contribution in [0.15, 0.2) is 61.1 Å². The van der Waals surface area contributed by atoms with Gasteiger partial charge < -0.3 is 14.6 Å². The van der Waals surface area contributed by atoms with Crippen molar-refractivity contribution in [2.45, 2.75) is 19.7 Å². The summed E-state index contributed by atoms with van der Waals surface area (Å²) < 4.78 is 7.47. The molecule has 0 radical (unpaired) electrons. The van der Waals surface area contributed by atoms with Gasteiger partial charge in [-0.1, -0.05) is 35.9 Å². The Balaban J connectivity index is 1.45. The van der Waals surface area contributed by atoms with E-state index < -0.39 is 0 Å². The lowest BCUT2D eigenvalue weighted by Gasteiger charge is -2.10. The Kier molecular flexibility index (Phi) is 6.79. The van der Waals surface area contributed by atoms with Crippen LogP contribution in [0.25, 0.3) is 0 Å². The van der Waals surface area contributed by atoms with Crippen molar-refractivity contribution in [3.8, 4) is 6.07 Å². The Morgan fingerprint density at radius 1 is 1.21 bits per heavy atom. The molecule has 0 aliphatic heterocycles. The fourth-order valence-electron chi connectivity index (χ4n) is 2.64. The predicted molar refractivity (Wildman–Crippen MR) is 105 cm³/mol. The number of rotatable bonds is 8. The molecule has 6 nitrogen and oxygen atoms in total. The Labute approximate surface area is 168 Å². The molecule has 0 saturated carbocycles. The summed E-state index contributed by atoms with van der Waals surface area (Å²) in [7, 11) is 0. The van der Waals surface area contributed by atoms with Gasteiger partial charge >= 0.3 is 0 Å². The predicted octanol–water partition coefficient (Wildman–Crippen LogP) is 3.29. The van der Waals surface area contributed by atoms with Crippen LogP contribution < -0.4 is 5.32 Å². The van der Waals surface area contributed by atoms with Gasteiger partial charge in [-0.15, -0.1) is 0 Å². The molecule has 0 saturated heterocycles. The zero-order valence-electron chi connectivity index (χ0n) is 15.1. The number of nitrogens with one attached hydrogen (secondary N) is 1. The van der Waals surface area contributed by atoms with Gasteiger partial charge in [0, 0.05) is 18.1 Å². The zero-order chi connectivity index (χ0) is 19.8. The first-order valence-electron chi connectivity index (χ1n) is 8.71. The lowest BCUT2D eigenvalue weighted by atomic mass is 10.1. The molecule has 1 amide bonds. The Morgan fingerprint density at radius 2 is 2.04 bits per heavy atom. The van der Waals surface area contributed by atoms with Crippen LogP contribution in [0.5, 0.6) is 0 Å².